The van der Waals surface area contributed by atoms with Gasteiger partial charge in [-0.05, 0) is 75.6 Å². The molecule has 0 N–H and O–H groups in total. The van der Waals surface area contributed by atoms with Crippen molar-refractivity contribution in [2.45, 2.75) is 51.6 Å². The first-order valence-corrected chi connectivity index (χ1v) is 16.4. The number of aryl methyl sites for hydroxylation is 2. The third-order valence-electron chi connectivity index (χ3n) is 10.7. The average molecular weight is 580 g/mol. The lowest BCUT2D eigenvalue weighted by atomic mass is 9.47. The fraction of sp³-hybridized carbons (Fsp3) is 0.256. The zero-order chi connectivity index (χ0) is 29.2. The molecule has 43 heavy (non-hydrogen) atoms. The summed E-state index contributed by atoms with van der Waals surface area (Å²) >= 11 is 1.84. The molecule has 3 nitrogen and oxygen atoms in total. The monoisotopic (exact) mass is 579 g/mol. The Hall–Kier alpha value is -4.15. The number of hydrogen-bond acceptors (Lipinski definition) is 3. The molecule has 4 heteroatoms. The molecule has 5 heterocycles. The molecule has 3 aromatic heterocycles. The van der Waals surface area contributed by atoms with Crippen LogP contribution in [0.1, 0.15) is 52.9 Å². The molecule has 4 unspecified atom stereocenters. The number of pyridine rings is 1. The van der Waals surface area contributed by atoms with Crippen molar-refractivity contribution in [2.75, 3.05) is 6.54 Å². The van der Waals surface area contributed by atoms with Crippen molar-refractivity contribution in [2.24, 2.45) is 5.92 Å². The van der Waals surface area contributed by atoms with Gasteiger partial charge in [-0.15, -0.1) is 17.9 Å². The molecule has 1 saturated carbocycles. The summed E-state index contributed by atoms with van der Waals surface area (Å²) in [6.45, 7) is 14.3. The van der Waals surface area contributed by atoms with Crippen molar-refractivity contribution >= 4 is 49.1 Å². The third-order valence-corrected chi connectivity index (χ3v) is 11.7. The van der Waals surface area contributed by atoms with E-state index in [0.717, 1.165) is 24.1 Å². The van der Waals surface area contributed by atoms with Crippen molar-refractivity contribution in [3.63, 3.8) is 0 Å². The Morgan fingerprint density at radius 2 is 1.84 bits per heavy atom. The number of furan rings is 1. The second-order valence-electron chi connectivity index (χ2n) is 12.7. The Balaban J connectivity index is 1.30. The Morgan fingerprint density at radius 1 is 1.02 bits per heavy atom. The third kappa shape index (κ3) is 3.02. The highest BCUT2D eigenvalue weighted by Gasteiger charge is 2.71. The molecule has 0 saturated heterocycles. The number of aromatic nitrogens is 1. The quantitative estimate of drug-likeness (QED) is 0.150. The molecule has 0 amide bonds. The van der Waals surface area contributed by atoms with Gasteiger partial charge in [-0.1, -0.05) is 42.5 Å². The van der Waals surface area contributed by atoms with Crippen LogP contribution in [-0.2, 0) is 6.42 Å². The van der Waals surface area contributed by atoms with Gasteiger partial charge in [0.2, 0.25) is 5.69 Å². The highest BCUT2D eigenvalue weighted by atomic mass is 32.1. The molecule has 3 aromatic carbocycles. The summed E-state index contributed by atoms with van der Waals surface area (Å²) in [5, 5.41) is 3.64. The van der Waals surface area contributed by atoms with Gasteiger partial charge in [0.05, 0.1) is 17.4 Å². The van der Waals surface area contributed by atoms with E-state index in [2.05, 4.69) is 129 Å². The van der Waals surface area contributed by atoms with E-state index in [1.54, 1.807) is 0 Å². The second kappa shape index (κ2) is 8.70. The van der Waals surface area contributed by atoms with Gasteiger partial charge in [-0.3, -0.25) is 0 Å². The maximum atomic E-state index is 6.91. The number of likely N-dealkylation sites (N-methyl/N-ethyl adjacent to an activating group) is 1. The summed E-state index contributed by atoms with van der Waals surface area (Å²) in [5.41, 5.74) is 11.3. The molecular formula is C39H35N2OS+. The molecule has 4 atom stereocenters. The highest BCUT2D eigenvalue weighted by Crippen LogP contribution is 2.66. The van der Waals surface area contributed by atoms with E-state index < -0.39 is 0 Å². The fourth-order valence-electron chi connectivity index (χ4n) is 9.23. The minimum Gasteiger partial charge on any atom is -0.455 e. The molecule has 1 aliphatic carbocycles. The van der Waals surface area contributed by atoms with Gasteiger partial charge >= 0.3 is 0 Å². The van der Waals surface area contributed by atoms with Gasteiger partial charge in [0.1, 0.15) is 11.2 Å². The first-order chi connectivity index (χ1) is 21.0. The molecule has 3 aliphatic rings. The van der Waals surface area contributed by atoms with Crippen LogP contribution in [0.4, 0.5) is 0 Å². The first kappa shape index (κ1) is 25.4. The van der Waals surface area contributed by atoms with Crippen LogP contribution in [0.5, 0.6) is 0 Å². The zero-order valence-electron chi connectivity index (χ0n) is 25.1. The Labute approximate surface area is 256 Å². The largest absolute Gasteiger partial charge is 0.455 e. The van der Waals surface area contributed by atoms with Crippen LogP contribution in [-0.4, -0.2) is 17.0 Å². The normalized spacial score (nSPS) is 24.7. The highest BCUT2D eigenvalue weighted by molar-refractivity contribution is 7.19. The summed E-state index contributed by atoms with van der Waals surface area (Å²) < 4.78 is 10.8. The van der Waals surface area contributed by atoms with E-state index in [0.29, 0.717) is 17.9 Å². The molecule has 6 aromatic rings. The van der Waals surface area contributed by atoms with E-state index in [-0.39, 0.29) is 5.54 Å². The number of thiophene rings is 1. The van der Waals surface area contributed by atoms with Crippen LogP contribution in [0.25, 0.3) is 49.0 Å². The minimum atomic E-state index is -0.113. The summed E-state index contributed by atoms with van der Waals surface area (Å²) in [4.78, 5) is 4.04. The number of benzene rings is 3. The Bertz CT molecular complexity index is 2200. The van der Waals surface area contributed by atoms with Crippen molar-refractivity contribution in [1.29, 1.82) is 0 Å². The van der Waals surface area contributed by atoms with E-state index in [1.165, 1.54) is 64.9 Å². The first-order valence-electron chi connectivity index (χ1n) is 15.5. The SMILES string of the molecule is C=CC1C2C(c3ccccc3-c3ccc(C)c[n+]32)C12Cc1ccc3c(oc4c5cc(C)sc5ccc34)c1/C(=C/C)N2CC. The lowest BCUT2D eigenvalue weighted by Gasteiger charge is -2.66. The zero-order valence-corrected chi connectivity index (χ0v) is 26.0. The molecule has 1 spiro atoms. The van der Waals surface area contributed by atoms with Crippen molar-refractivity contribution in [3.05, 3.63) is 119 Å². The number of hydrogen-bond donors (Lipinski definition) is 0. The maximum absolute atomic E-state index is 6.91. The lowest BCUT2D eigenvalue weighted by Crippen LogP contribution is -2.76. The molecular weight excluding hydrogens is 545 g/mol. The summed E-state index contributed by atoms with van der Waals surface area (Å²) in [7, 11) is 0. The van der Waals surface area contributed by atoms with Crippen molar-refractivity contribution in [3.8, 4) is 11.3 Å². The van der Waals surface area contributed by atoms with E-state index >= 15 is 0 Å². The summed E-state index contributed by atoms with van der Waals surface area (Å²) in [6, 6.07) is 25.5. The van der Waals surface area contributed by atoms with Gasteiger partial charge in [0, 0.05) is 60.7 Å². The molecule has 1 fully saturated rings. The number of rotatable bonds is 2. The molecule has 0 bridgehead atoms. The topological polar surface area (TPSA) is 20.3 Å². The van der Waals surface area contributed by atoms with Crippen LogP contribution < -0.4 is 4.57 Å². The standard InChI is InChI=1S/C39H35N2OS/c1-6-30-36-35(26-12-10-9-11-25(26)32-17-13-22(4)21-40(32)36)39(30)20-24-14-15-28-27-16-18-33-29(19-23(5)43-33)37(27)42-38(28)34(24)31(7-2)41(39)8-3/h6-7,9-19,21,30,35-36H,1,8,20H2,2-5H3/q+1/b31-7-. The molecule has 9 rings (SSSR count). The van der Waals surface area contributed by atoms with Crippen LogP contribution in [0, 0.1) is 19.8 Å². The minimum absolute atomic E-state index is 0.113. The van der Waals surface area contributed by atoms with Crippen LogP contribution in [0.2, 0.25) is 0 Å². The van der Waals surface area contributed by atoms with Gasteiger partial charge in [0.25, 0.3) is 0 Å². The number of allylic oxidation sites excluding steroid dienone is 1. The number of fused-ring (bicyclic) bond motifs is 14. The molecule has 0 radical (unpaired) electrons. The van der Waals surface area contributed by atoms with E-state index in [1.807, 2.05) is 11.3 Å². The van der Waals surface area contributed by atoms with E-state index in [4.69, 9.17) is 4.42 Å². The summed E-state index contributed by atoms with van der Waals surface area (Å²) in [6.07, 6.45) is 7.90. The predicted octanol–water partition coefficient (Wildman–Crippen LogP) is 9.50. The van der Waals surface area contributed by atoms with Crippen molar-refractivity contribution < 1.29 is 8.98 Å². The lowest BCUT2D eigenvalue weighted by molar-refractivity contribution is -0.741. The smallest absolute Gasteiger partial charge is 0.213 e. The van der Waals surface area contributed by atoms with Gasteiger partial charge in [-0.25, -0.2) is 0 Å². The predicted molar refractivity (Wildman–Crippen MR) is 179 cm³/mol. The maximum Gasteiger partial charge on any atom is 0.213 e. The van der Waals surface area contributed by atoms with Gasteiger partial charge < -0.3 is 9.32 Å². The molecule has 212 valence electrons. The van der Waals surface area contributed by atoms with Gasteiger partial charge in [-0.2, -0.15) is 4.57 Å². The fourth-order valence-corrected chi connectivity index (χ4v) is 10.2. The van der Waals surface area contributed by atoms with Crippen molar-refractivity contribution in [1.82, 2.24) is 4.90 Å². The Morgan fingerprint density at radius 3 is 2.65 bits per heavy atom. The summed E-state index contributed by atoms with van der Waals surface area (Å²) in [5.74, 6) is 0.632. The van der Waals surface area contributed by atoms with Crippen LogP contribution in [0.15, 0.2) is 96.1 Å². The van der Waals surface area contributed by atoms with Crippen LogP contribution in [0.3, 0.4) is 0 Å². The number of nitrogens with zero attached hydrogens (tertiary/aromatic N) is 2. The van der Waals surface area contributed by atoms with E-state index in [9.17, 15) is 0 Å². The Kier molecular flexibility index (Phi) is 5.13. The van der Waals surface area contributed by atoms with Gasteiger partial charge in [0.15, 0.2) is 12.2 Å². The second-order valence-corrected chi connectivity index (χ2v) is 14.0. The molecule has 2 aliphatic heterocycles. The van der Waals surface area contributed by atoms with Crippen LogP contribution >= 0.6 is 11.3 Å². The average Bonchev–Trinajstić information content (AvgIpc) is 3.59.